The largest absolute Gasteiger partial charge is 0.367 e. The summed E-state index contributed by atoms with van der Waals surface area (Å²) in [4.78, 5) is 18.8. The van der Waals surface area contributed by atoms with Crippen LogP contribution in [0.2, 0.25) is 5.02 Å². The standard InChI is InChI=1S/C20H18ClN9O/c1-29(18-3-2-12(8-22)9-24-18)20(31)13-4-5-30-17(7-13)15(11-26-30)14-6-16(21)19(25-10-14)27-28-23/h2-7,10,24,26H,9,11H2,1H3,(H2,23,25,27). The topological polar surface area (TPSA) is 135 Å². The van der Waals surface area contributed by atoms with E-state index in [1.807, 2.05) is 11.1 Å². The fourth-order valence-electron chi connectivity index (χ4n) is 3.33. The molecule has 4 N–H and O–H groups in total. The summed E-state index contributed by atoms with van der Waals surface area (Å²) in [5.74, 6) is 5.75. The average molecular weight is 436 g/mol. The van der Waals surface area contributed by atoms with Gasteiger partial charge in [0.05, 0.1) is 23.3 Å². The Balaban J connectivity index is 1.63. The van der Waals surface area contributed by atoms with E-state index in [1.54, 1.807) is 43.7 Å². The molecule has 156 valence electrons. The summed E-state index contributed by atoms with van der Waals surface area (Å²) in [7, 11) is 1.68. The molecule has 3 aliphatic rings. The second kappa shape index (κ2) is 8.43. The first kappa shape index (κ1) is 20.3. The summed E-state index contributed by atoms with van der Waals surface area (Å²) in [6.45, 7) is 0.924. The van der Waals surface area contributed by atoms with Crippen molar-refractivity contribution < 1.29 is 4.79 Å². The van der Waals surface area contributed by atoms with Crippen molar-refractivity contribution in [1.29, 1.82) is 5.26 Å². The van der Waals surface area contributed by atoms with Crippen molar-refractivity contribution in [2.24, 2.45) is 16.2 Å². The van der Waals surface area contributed by atoms with E-state index in [-0.39, 0.29) is 11.7 Å². The molecule has 0 unspecified atom stereocenters. The summed E-state index contributed by atoms with van der Waals surface area (Å²) < 4.78 is 0. The summed E-state index contributed by atoms with van der Waals surface area (Å²) in [6.07, 6.45) is 10.4. The van der Waals surface area contributed by atoms with Crippen molar-refractivity contribution >= 4 is 28.9 Å². The number of halogens is 1. The molecular formula is C20H18ClN9O. The van der Waals surface area contributed by atoms with Crippen molar-refractivity contribution in [3.8, 4) is 6.07 Å². The van der Waals surface area contributed by atoms with Crippen molar-refractivity contribution in [1.82, 2.24) is 25.6 Å². The van der Waals surface area contributed by atoms with Crippen LogP contribution in [-0.4, -0.2) is 40.9 Å². The van der Waals surface area contributed by atoms with E-state index in [1.165, 1.54) is 4.90 Å². The molecule has 0 atom stereocenters. The van der Waals surface area contributed by atoms with E-state index in [2.05, 4.69) is 32.1 Å². The van der Waals surface area contributed by atoms with E-state index >= 15 is 0 Å². The van der Waals surface area contributed by atoms with E-state index in [4.69, 9.17) is 22.7 Å². The number of amides is 1. The number of nitrogens with two attached hydrogens (primary N) is 1. The Labute approximate surface area is 183 Å². The van der Waals surface area contributed by atoms with Gasteiger partial charge in [0, 0.05) is 48.3 Å². The van der Waals surface area contributed by atoms with Crippen LogP contribution < -0.4 is 16.6 Å². The maximum absolute atomic E-state index is 13.1. The van der Waals surface area contributed by atoms with Crippen LogP contribution in [0.5, 0.6) is 0 Å². The molecule has 0 spiro atoms. The van der Waals surface area contributed by atoms with Gasteiger partial charge in [-0.05, 0) is 30.4 Å². The Bertz CT molecular complexity index is 1170. The number of fused-ring (bicyclic) bond motifs is 1. The number of aromatic nitrogens is 1. The van der Waals surface area contributed by atoms with Gasteiger partial charge in [-0.3, -0.25) is 14.7 Å². The molecule has 3 aliphatic heterocycles. The minimum atomic E-state index is -0.183. The van der Waals surface area contributed by atoms with Gasteiger partial charge in [-0.2, -0.15) is 5.26 Å². The first-order valence-corrected chi connectivity index (χ1v) is 9.65. The lowest BCUT2D eigenvalue weighted by Gasteiger charge is -2.26. The maximum atomic E-state index is 13.1. The lowest BCUT2D eigenvalue weighted by atomic mass is 10.0. The molecule has 0 fully saturated rings. The number of nitrogens with zero attached hydrogens (tertiary/aromatic N) is 6. The van der Waals surface area contributed by atoms with Crippen LogP contribution in [0.4, 0.5) is 5.82 Å². The third-order valence-corrected chi connectivity index (χ3v) is 5.25. The number of hydrogen-bond donors (Lipinski definition) is 3. The molecular weight excluding hydrogens is 418 g/mol. The highest BCUT2D eigenvalue weighted by Gasteiger charge is 2.27. The van der Waals surface area contributed by atoms with Gasteiger partial charge in [0.15, 0.2) is 5.82 Å². The molecule has 0 aliphatic carbocycles. The van der Waals surface area contributed by atoms with Crippen molar-refractivity contribution in [2.45, 2.75) is 0 Å². The number of rotatable bonds is 4. The Morgan fingerprint density at radius 2 is 2.26 bits per heavy atom. The lowest BCUT2D eigenvalue weighted by Crippen LogP contribution is -2.37. The first-order chi connectivity index (χ1) is 15.0. The number of carbonyl (C=O) groups is 1. The Hall–Kier alpha value is -3.94. The number of pyridine rings is 1. The third kappa shape index (κ3) is 3.92. The van der Waals surface area contributed by atoms with Crippen LogP contribution in [0.15, 0.2) is 75.8 Å². The van der Waals surface area contributed by atoms with Crippen LogP contribution in [-0.2, 0) is 4.79 Å². The van der Waals surface area contributed by atoms with Gasteiger partial charge < -0.3 is 11.2 Å². The Kier molecular flexibility index (Phi) is 5.53. The van der Waals surface area contributed by atoms with Crippen LogP contribution in [0, 0.1) is 11.3 Å². The Morgan fingerprint density at radius 3 is 2.94 bits per heavy atom. The molecule has 31 heavy (non-hydrogen) atoms. The van der Waals surface area contributed by atoms with Gasteiger partial charge in [0.2, 0.25) is 0 Å². The molecule has 0 bridgehead atoms. The molecule has 1 amide bonds. The molecule has 10 nitrogen and oxygen atoms in total. The van der Waals surface area contributed by atoms with Gasteiger partial charge in [0.25, 0.3) is 5.91 Å². The van der Waals surface area contributed by atoms with Gasteiger partial charge >= 0.3 is 0 Å². The first-order valence-electron chi connectivity index (χ1n) is 9.27. The molecule has 11 heteroatoms. The number of allylic oxidation sites excluding steroid dienone is 3. The lowest BCUT2D eigenvalue weighted by molar-refractivity contribution is -0.124. The van der Waals surface area contributed by atoms with E-state index in [0.717, 1.165) is 16.8 Å². The van der Waals surface area contributed by atoms with Crippen LogP contribution in [0.3, 0.4) is 0 Å². The number of nitrogens with one attached hydrogen (secondary N) is 2. The van der Waals surface area contributed by atoms with Gasteiger partial charge in [0.1, 0.15) is 5.82 Å². The second-order valence-electron chi connectivity index (χ2n) is 6.80. The highest BCUT2D eigenvalue weighted by molar-refractivity contribution is 6.32. The minimum absolute atomic E-state index is 0.183. The molecule has 1 aromatic heterocycles. The van der Waals surface area contributed by atoms with Crippen molar-refractivity contribution in [3.63, 3.8) is 0 Å². The fourth-order valence-corrected chi connectivity index (χ4v) is 3.53. The van der Waals surface area contributed by atoms with Crippen molar-refractivity contribution in [2.75, 3.05) is 20.1 Å². The molecule has 0 saturated carbocycles. The summed E-state index contributed by atoms with van der Waals surface area (Å²) in [5, 5.41) is 21.1. The van der Waals surface area contributed by atoms with E-state index < -0.39 is 0 Å². The third-order valence-electron chi connectivity index (χ3n) is 4.97. The molecule has 0 radical (unpaired) electrons. The summed E-state index contributed by atoms with van der Waals surface area (Å²) >= 11 is 6.23. The number of hydrazine groups is 1. The van der Waals surface area contributed by atoms with E-state index in [0.29, 0.717) is 35.1 Å². The van der Waals surface area contributed by atoms with Crippen LogP contribution >= 0.6 is 11.6 Å². The molecule has 0 aromatic carbocycles. The van der Waals surface area contributed by atoms with Gasteiger partial charge in [-0.15, -0.1) is 5.11 Å². The van der Waals surface area contributed by atoms with Gasteiger partial charge in [-0.25, -0.2) is 10.4 Å². The zero-order valence-corrected chi connectivity index (χ0v) is 17.3. The highest BCUT2D eigenvalue weighted by atomic mass is 35.5. The van der Waals surface area contributed by atoms with E-state index in [9.17, 15) is 4.79 Å². The number of carbonyl (C=O) groups excluding carboxylic acids is 1. The monoisotopic (exact) mass is 435 g/mol. The van der Waals surface area contributed by atoms with Crippen LogP contribution in [0.1, 0.15) is 5.56 Å². The maximum Gasteiger partial charge on any atom is 0.259 e. The van der Waals surface area contributed by atoms with Crippen molar-refractivity contribution in [3.05, 3.63) is 76.0 Å². The number of likely N-dealkylation sites (N-methyl/N-ethyl adjacent to an activating group) is 1. The normalized spacial score (nSPS) is 17.6. The number of nitriles is 1. The van der Waals surface area contributed by atoms with Crippen LogP contribution in [0.25, 0.3) is 5.57 Å². The average Bonchev–Trinajstić information content (AvgIpc) is 3.23. The predicted octanol–water partition coefficient (Wildman–Crippen LogP) is 2.03. The fraction of sp³-hybridized carbons (Fsp3) is 0.150. The molecule has 1 aromatic rings. The number of hydrogen-bond acceptors (Lipinski definition) is 8. The molecule has 0 saturated heterocycles. The SMILES string of the molecule is CN(C(=O)C1=CC2=C(c3cnc(N=NN)c(Cl)c3)CNN2C=C1)C1=CC=C(C#N)CN1. The molecule has 4 rings (SSSR count). The van der Waals surface area contributed by atoms with Gasteiger partial charge in [-0.1, -0.05) is 16.8 Å². The number of dihydropyridines is 1. The Morgan fingerprint density at radius 1 is 1.42 bits per heavy atom. The quantitative estimate of drug-likeness (QED) is 0.374. The minimum Gasteiger partial charge on any atom is -0.367 e. The zero-order valence-electron chi connectivity index (χ0n) is 16.5. The summed E-state index contributed by atoms with van der Waals surface area (Å²) in [5.41, 5.74) is 6.91. The smallest absolute Gasteiger partial charge is 0.259 e. The predicted molar refractivity (Wildman–Crippen MR) is 114 cm³/mol. The summed E-state index contributed by atoms with van der Waals surface area (Å²) in [6, 6.07) is 3.83. The highest BCUT2D eigenvalue weighted by Crippen LogP contribution is 2.33. The second-order valence-corrected chi connectivity index (χ2v) is 7.21. The zero-order chi connectivity index (χ0) is 22.0. The molecule has 4 heterocycles.